The van der Waals surface area contributed by atoms with E-state index >= 15 is 0 Å². The van der Waals surface area contributed by atoms with Crippen LogP contribution in [0.15, 0.2) is 41.7 Å². The first kappa shape index (κ1) is 15.4. The number of carbonyl (C=O) groups is 1. The zero-order chi connectivity index (χ0) is 16.2. The second-order valence-electron chi connectivity index (χ2n) is 5.20. The van der Waals surface area contributed by atoms with E-state index < -0.39 is 0 Å². The summed E-state index contributed by atoms with van der Waals surface area (Å²) in [6.45, 7) is 3.85. The number of amides is 1. The van der Waals surface area contributed by atoms with Gasteiger partial charge in [-0.3, -0.25) is 9.78 Å². The van der Waals surface area contributed by atoms with Crippen molar-refractivity contribution in [2.24, 2.45) is 0 Å². The third-order valence-corrected chi connectivity index (χ3v) is 3.86. The molecule has 0 saturated heterocycles. The summed E-state index contributed by atoms with van der Waals surface area (Å²) in [4.78, 5) is 16.0. The number of thioether (sulfide) groups is 1. The quantitative estimate of drug-likeness (QED) is 0.719. The topological polar surface area (TPSA) is 85.1 Å². The summed E-state index contributed by atoms with van der Waals surface area (Å²) in [6.07, 6.45) is 1.72. The smallest absolute Gasteiger partial charge is 0.230 e. The number of hydrogen-bond acceptors (Lipinski definition) is 6. The van der Waals surface area contributed by atoms with E-state index in [1.165, 1.54) is 11.8 Å². The second-order valence-corrected chi connectivity index (χ2v) is 6.14. The monoisotopic (exact) mass is 328 g/mol. The first-order valence-electron chi connectivity index (χ1n) is 7.19. The molecule has 0 aliphatic rings. The summed E-state index contributed by atoms with van der Waals surface area (Å²) >= 11 is 1.30. The number of pyridine rings is 1. The lowest BCUT2D eigenvalue weighted by Crippen LogP contribution is -2.31. The molecule has 0 fully saturated rings. The summed E-state index contributed by atoms with van der Waals surface area (Å²) in [5.74, 6) is 0.233. The van der Waals surface area contributed by atoms with Gasteiger partial charge in [0.15, 0.2) is 5.65 Å². The van der Waals surface area contributed by atoms with Crippen molar-refractivity contribution in [3.63, 3.8) is 0 Å². The SMILES string of the molecule is CC(C)NC(=O)CSc1nnc2ccc(-c3ccccn3)nn12. The molecule has 118 valence electrons. The van der Waals surface area contributed by atoms with Gasteiger partial charge in [0.1, 0.15) is 5.69 Å². The molecule has 7 nitrogen and oxygen atoms in total. The number of carbonyl (C=O) groups excluding carboxylic acids is 1. The van der Waals surface area contributed by atoms with Gasteiger partial charge in [-0.1, -0.05) is 17.8 Å². The van der Waals surface area contributed by atoms with Gasteiger partial charge in [0.05, 0.1) is 11.4 Å². The molecule has 8 heteroatoms. The van der Waals surface area contributed by atoms with Crippen molar-refractivity contribution in [2.75, 3.05) is 5.75 Å². The van der Waals surface area contributed by atoms with E-state index in [2.05, 4.69) is 25.6 Å². The Kier molecular flexibility index (Phi) is 4.52. The van der Waals surface area contributed by atoms with Crippen molar-refractivity contribution >= 4 is 23.3 Å². The predicted octanol–water partition coefficient (Wildman–Crippen LogP) is 1.80. The fraction of sp³-hybridized carbons (Fsp3) is 0.267. The molecule has 0 atom stereocenters. The van der Waals surface area contributed by atoms with Gasteiger partial charge in [-0.25, -0.2) is 0 Å². The van der Waals surface area contributed by atoms with Gasteiger partial charge in [-0.15, -0.1) is 10.2 Å². The lowest BCUT2D eigenvalue weighted by atomic mass is 10.2. The van der Waals surface area contributed by atoms with Gasteiger partial charge in [0.25, 0.3) is 0 Å². The molecule has 3 aromatic rings. The van der Waals surface area contributed by atoms with Crippen LogP contribution in [0.1, 0.15) is 13.8 Å². The molecular formula is C15H16N6OS. The molecule has 3 rings (SSSR count). The summed E-state index contributed by atoms with van der Waals surface area (Å²) in [6, 6.07) is 9.46. The number of hydrogen-bond donors (Lipinski definition) is 1. The fourth-order valence-corrected chi connectivity index (χ4v) is 2.70. The molecule has 0 bridgehead atoms. The summed E-state index contributed by atoms with van der Waals surface area (Å²) < 4.78 is 1.64. The van der Waals surface area contributed by atoms with Crippen LogP contribution in [0.4, 0.5) is 0 Å². The standard InChI is InChI=1S/C15H16N6OS/c1-10(2)17-14(22)9-23-15-19-18-13-7-6-12(20-21(13)15)11-5-3-4-8-16-11/h3-8,10H,9H2,1-2H3,(H,17,22). The maximum atomic E-state index is 11.8. The Hall–Kier alpha value is -2.48. The van der Waals surface area contributed by atoms with Gasteiger partial charge < -0.3 is 5.32 Å². The molecule has 3 aromatic heterocycles. The van der Waals surface area contributed by atoms with Gasteiger partial charge in [0.2, 0.25) is 11.1 Å². The van der Waals surface area contributed by atoms with Gasteiger partial charge in [0, 0.05) is 12.2 Å². The largest absolute Gasteiger partial charge is 0.353 e. The Morgan fingerprint density at radius 3 is 2.83 bits per heavy atom. The van der Waals surface area contributed by atoms with E-state index in [1.54, 1.807) is 10.7 Å². The Morgan fingerprint density at radius 1 is 1.22 bits per heavy atom. The highest BCUT2D eigenvalue weighted by Crippen LogP contribution is 2.19. The van der Waals surface area contributed by atoms with E-state index in [9.17, 15) is 4.79 Å². The van der Waals surface area contributed by atoms with Crippen molar-refractivity contribution in [3.8, 4) is 11.4 Å². The fourth-order valence-electron chi connectivity index (χ4n) is 2.00. The van der Waals surface area contributed by atoms with E-state index in [0.717, 1.165) is 11.4 Å². The summed E-state index contributed by atoms with van der Waals surface area (Å²) in [7, 11) is 0. The average Bonchev–Trinajstić information content (AvgIpc) is 2.95. The molecule has 23 heavy (non-hydrogen) atoms. The number of nitrogens with one attached hydrogen (secondary N) is 1. The van der Waals surface area contributed by atoms with Crippen molar-refractivity contribution in [3.05, 3.63) is 36.5 Å². The van der Waals surface area contributed by atoms with Crippen LogP contribution in [0.5, 0.6) is 0 Å². The first-order valence-corrected chi connectivity index (χ1v) is 8.18. The normalized spacial score (nSPS) is 11.1. The predicted molar refractivity (Wildman–Crippen MR) is 88.0 cm³/mol. The lowest BCUT2D eigenvalue weighted by molar-refractivity contribution is -0.119. The number of nitrogens with zero attached hydrogens (tertiary/aromatic N) is 5. The van der Waals surface area contributed by atoms with Crippen LogP contribution in [0.25, 0.3) is 17.0 Å². The Morgan fingerprint density at radius 2 is 2.09 bits per heavy atom. The molecule has 0 spiro atoms. The first-order chi connectivity index (χ1) is 11.1. The zero-order valence-corrected chi connectivity index (χ0v) is 13.6. The Labute approximate surface area is 137 Å². The van der Waals surface area contributed by atoms with Crippen LogP contribution in [0.3, 0.4) is 0 Å². The molecule has 0 aromatic carbocycles. The van der Waals surface area contributed by atoms with E-state index in [1.807, 2.05) is 44.2 Å². The van der Waals surface area contributed by atoms with Crippen molar-refractivity contribution in [1.29, 1.82) is 0 Å². The van der Waals surface area contributed by atoms with Crippen molar-refractivity contribution in [1.82, 2.24) is 30.1 Å². The molecule has 0 unspecified atom stereocenters. The van der Waals surface area contributed by atoms with Gasteiger partial charge in [-0.05, 0) is 38.1 Å². The third-order valence-electron chi connectivity index (χ3n) is 2.94. The number of aromatic nitrogens is 5. The minimum absolute atomic E-state index is 0.0392. The van der Waals surface area contributed by atoms with E-state index in [4.69, 9.17) is 0 Å². The maximum absolute atomic E-state index is 11.8. The van der Waals surface area contributed by atoms with Crippen molar-refractivity contribution < 1.29 is 4.79 Å². The van der Waals surface area contributed by atoms with Crippen LogP contribution in [0, 0.1) is 0 Å². The second kappa shape index (κ2) is 6.74. The molecule has 1 amide bonds. The van der Waals surface area contributed by atoms with E-state index in [-0.39, 0.29) is 17.7 Å². The third kappa shape index (κ3) is 3.65. The average molecular weight is 328 g/mol. The van der Waals surface area contributed by atoms with Crippen LogP contribution in [-0.4, -0.2) is 42.5 Å². The highest BCUT2D eigenvalue weighted by Gasteiger charge is 2.12. The van der Waals surface area contributed by atoms with Gasteiger partial charge >= 0.3 is 0 Å². The molecule has 0 aliphatic heterocycles. The number of fused-ring (bicyclic) bond motifs is 1. The molecule has 0 aliphatic carbocycles. The minimum Gasteiger partial charge on any atom is -0.353 e. The Balaban J connectivity index is 1.83. The summed E-state index contributed by atoms with van der Waals surface area (Å²) in [5, 5.41) is 16.1. The lowest BCUT2D eigenvalue weighted by Gasteiger charge is -2.07. The number of rotatable bonds is 5. The minimum atomic E-state index is -0.0392. The Bertz CT molecular complexity index is 817. The molecular weight excluding hydrogens is 312 g/mol. The van der Waals surface area contributed by atoms with Crippen molar-refractivity contribution in [2.45, 2.75) is 25.0 Å². The van der Waals surface area contributed by atoms with Crippen LogP contribution in [-0.2, 0) is 4.79 Å². The highest BCUT2D eigenvalue weighted by molar-refractivity contribution is 7.99. The van der Waals surface area contributed by atoms with E-state index in [0.29, 0.717) is 10.8 Å². The van der Waals surface area contributed by atoms with Gasteiger partial charge in [-0.2, -0.15) is 9.61 Å². The molecule has 1 N–H and O–H groups in total. The highest BCUT2D eigenvalue weighted by atomic mass is 32.2. The van der Waals surface area contributed by atoms with Crippen LogP contribution < -0.4 is 5.32 Å². The van der Waals surface area contributed by atoms with Crippen LogP contribution >= 0.6 is 11.8 Å². The zero-order valence-electron chi connectivity index (χ0n) is 12.8. The summed E-state index contributed by atoms with van der Waals surface area (Å²) in [5.41, 5.74) is 2.14. The molecule has 0 saturated carbocycles. The van der Waals surface area contributed by atoms with Crippen LogP contribution in [0.2, 0.25) is 0 Å². The maximum Gasteiger partial charge on any atom is 0.230 e. The molecule has 0 radical (unpaired) electrons. The molecule has 3 heterocycles.